The average Bonchev–Trinajstić information content (AvgIpc) is 2.90. The standard InChI is InChI=1S/C18H16ClN3O5S/c1-11(23)20-12-2-4-13(5-3-12)21-18(25)15-10-14(6-7-16(15)19)22-17(24)8-9-28(22,26)27/h2-7,10H,8-9H2,1H3,(H,20,23)(H,21,25). The van der Waals surface area contributed by atoms with Gasteiger partial charge in [0.15, 0.2) is 0 Å². The number of anilines is 3. The molecule has 0 aliphatic carbocycles. The summed E-state index contributed by atoms with van der Waals surface area (Å²) in [4.78, 5) is 35.6. The number of carbonyl (C=O) groups is 3. The minimum Gasteiger partial charge on any atom is -0.326 e. The third-order valence-corrected chi connectivity index (χ3v) is 5.99. The molecule has 0 unspecified atom stereocenters. The molecule has 3 amide bonds. The smallest absolute Gasteiger partial charge is 0.257 e. The van der Waals surface area contributed by atoms with Gasteiger partial charge in [-0.3, -0.25) is 14.4 Å². The van der Waals surface area contributed by atoms with Gasteiger partial charge in [-0.1, -0.05) is 11.6 Å². The normalized spacial score (nSPS) is 15.4. The molecule has 3 rings (SSSR count). The van der Waals surface area contributed by atoms with Gasteiger partial charge in [-0.25, -0.2) is 12.7 Å². The summed E-state index contributed by atoms with van der Waals surface area (Å²) in [7, 11) is -3.74. The zero-order valence-corrected chi connectivity index (χ0v) is 16.3. The molecule has 0 radical (unpaired) electrons. The number of hydrogen-bond acceptors (Lipinski definition) is 5. The van der Waals surface area contributed by atoms with E-state index in [4.69, 9.17) is 11.6 Å². The molecule has 0 atom stereocenters. The van der Waals surface area contributed by atoms with Gasteiger partial charge in [-0.05, 0) is 42.5 Å². The highest BCUT2D eigenvalue weighted by atomic mass is 35.5. The van der Waals surface area contributed by atoms with Crippen LogP contribution in [-0.2, 0) is 19.6 Å². The average molecular weight is 422 g/mol. The van der Waals surface area contributed by atoms with Gasteiger partial charge in [-0.2, -0.15) is 0 Å². The number of halogens is 1. The number of hydrogen-bond donors (Lipinski definition) is 2. The molecule has 0 spiro atoms. The van der Waals surface area contributed by atoms with Gasteiger partial charge in [0.2, 0.25) is 21.8 Å². The number of nitrogens with one attached hydrogen (secondary N) is 2. The maximum atomic E-state index is 12.6. The van der Waals surface area contributed by atoms with Crippen molar-refractivity contribution in [3.63, 3.8) is 0 Å². The quantitative estimate of drug-likeness (QED) is 0.787. The van der Waals surface area contributed by atoms with Crippen molar-refractivity contribution in [3.05, 3.63) is 53.1 Å². The molecule has 1 aliphatic heterocycles. The second-order valence-corrected chi connectivity index (χ2v) is 8.45. The Labute approximate surface area is 166 Å². The lowest BCUT2D eigenvalue weighted by molar-refractivity contribution is -0.116. The van der Waals surface area contributed by atoms with Crippen LogP contribution in [0.5, 0.6) is 0 Å². The zero-order chi connectivity index (χ0) is 20.5. The van der Waals surface area contributed by atoms with Crippen molar-refractivity contribution in [3.8, 4) is 0 Å². The molecule has 0 saturated carbocycles. The molecule has 8 nitrogen and oxygen atoms in total. The molecule has 0 bridgehead atoms. The van der Waals surface area contributed by atoms with Crippen LogP contribution in [0.1, 0.15) is 23.7 Å². The van der Waals surface area contributed by atoms with E-state index in [0.29, 0.717) is 15.7 Å². The first kappa shape index (κ1) is 19.8. The van der Waals surface area contributed by atoms with E-state index in [1.54, 1.807) is 24.3 Å². The Bertz CT molecular complexity index is 1070. The van der Waals surface area contributed by atoms with E-state index in [0.717, 1.165) is 0 Å². The molecule has 1 fully saturated rings. The van der Waals surface area contributed by atoms with E-state index in [2.05, 4.69) is 10.6 Å². The second kappa shape index (κ2) is 7.61. The van der Waals surface area contributed by atoms with Crippen molar-refractivity contribution in [2.24, 2.45) is 0 Å². The topological polar surface area (TPSA) is 113 Å². The largest absolute Gasteiger partial charge is 0.326 e. The van der Waals surface area contributed by atoms with Crippen LogP contribution >= 0.6 is 11.6 Å². The molecule has 0 aromatic heterocycles. The highest BCUT2D eigenvalue weighted by molar-refractivity contribution is 7.94. The lowest BCUT2D eigenvalue weighted by atomic mass is 10.1. The van der Waals surface area contributed by atoms with Crippen molar-refractivity contribution < 1.29 is 22.8 Å². The van der Waals surface area contributed by atoms with Gasteiger partial charge in [-0.15, -0.1) is 0 Å². The number of carbonyl (C=O) groups excluding carboxylic acids is 3. The predicted octanol–water partition coefficient (Wildman–Crippen LogP) is 2.62. The molecule has 146 valence electrons. The van der Waals surface area contributed by atoms with Crippen molar-refractivity contribution in [1.82, 2.24) is 0 Å². The Balaban J connectivity index is 1.84. The Kier molecular flexibility index (Phi) is 5.39. The third kappa shape index (κ3) is 4.15. The Morgan fingerprint density at radius 3 is 2.18 bits per heavy atom. The van der Waals surface area contributed by atoms with E-state index in [9.17, 15) is 22.8 Å². The third-order valence-electron chi connectivity index (χ3n) is 3.97. The molecule has 10 heteroatoms. The van der Waals surface area contributed by atoms with Crippen molar-refractivity contribution >= 4 is 56.4 Å². The van der Waals surface area contributed by atoms with E-state index in [1.807, 2.05) is 0 Å². The molecular weight excluding hydrogens is 406 g/mol. The summed E-state index contributed by atoms with van der Waals surface area (Å²) >= 11 is 6.09. The SMILES string of the molecule is CC(=O)Nc1ccc(NC(=O)c2cc(N3C(=O)CCS3(=O)=O)ccc2Cl)cc1. The molecule has 1 aliphatic rings. The molecule has 2 aromatic carbocycles. The summed E-state index contributed by atoms with van der Waals surface area (Å²) in [5, 5.41) is 5.36. The monoisotopic (exact) mass is 421 g/mol. The fraction of sp³-hybridized carbons (Fsp3) is 0.167. The first-order chi connectivity index (χ1) is 13.2. The van der Waals surface area contributed by atoms with Crippen LogP contribution in [0.25, 0.3) is 0 Å². The second-order valence-electron chi connectivity index (χ2n) is 6.10. The zero-order valence-electron chi connectivity index (χ0n) is 14.7. The van der Waals surface area contributed by atoms with Crippen LogP contribution in [0.15, 0.2) is 42.5 Å². The van der Waals surface area contributed by atoms with E-state index in [1.165, 1.54) is 25.1 Å². The van der Waals surface area contributed by atoms with Gasteiger partial charge in [0.1, 0.15) is 0 Å². The Morgan fingerprint density at radius 2 is 1.64 bits per heavy atom. The minimum absolute atomic E-state index is 0.0278. The molecule has 28 heavy (non-hydrogen) atoms. The first-order valence-corrected chi connectivity index (χ1v) is 10.2. The predicted molar refractivity (Wildman–Crippen MR) is 106 cm³/mol. The van der Waals surface area contributed by atoms with Crippen LogP contribution in [0.4, 0.5) is 17.1 Å². The fourth-order valence-corrected chi connectivity index (χ4v) is 4.38. The van der Waals surface area contributed by atoms with Crippen molar-refractivity contribution in [2.75, 3.05) is 20.7 Å². The molecule has 2 aromatic rings. The summed E-state index contributed by atoms with van der Waals surface area (Å²) in [5.74, 6) is -1.60. The van der Waals surface area contributed by atoms with E-state index in [-0.39, 0.29) is 34.4 Å². The van der Waals surface area contributed by atoms with Crippen LogP contribution in [0, 0.1) is 0 Å². The number of nitrogens with zero attached hydrogens (tertiary/aromatic N) is 1. The number of benzene rings is 2. The fourth-order valence-electron chi connectivity index (χ4n) is 2.72. The van der Waals surface area contributed by atoms with Crippen LogP contribution in [0.2, 0.25) is 5.02 Å². The summed E-state index contributed by atoms with van der Waals surface area (Å²) in [6.45, 7) is 1.38. The van der Waals surface area contributed by atoms with Gasteiger partial charge in [0, 0.05) is 24.7 Å². The summed E-state index contributed by atoms with van der Waals surface area (Å²) < 4.78 is 24.9. The van der Waals surface area contributed by atoms with Gasteiger partial charge >= 0.3 is 0 Å². The molecular formula is C18H16ClN3O5S. The summed E-state index contributed by atoms with van der Waals surface area (Å²) in [5.41, 5.74) is 1.12. The van der Waals surface area contributed by atoms with Crippen LogP contribution < -0.4 is 14.9 Å². The van der Waals surface area contributed by atoms with Crippen molar-refractivity contribution in [1.29, 1.82) is 0 Å². The number of rotatable bonds is 4. The molecule has 1 heterocycles. The lowest BCUT2D eigenvalue weighted by Crippen LogP contribution is -2.29. The van der Waals surface area contributed by atoms with Gasteiger partial charge in [0.25, 0.3) is 5.91 Å². The van der Waals surface area contributed by atoms with Crippen molar-refractivity contribution in [2.45, 2.75) is 13.3 Å². The maximum Gasteiger partial charge on any atom is 0.257 e. The highest BCUT2D eigenvalue weighted by Crippen LogP contribution is 2.29. The van der Waals surface area contributed by atoms with E-state index < -0.39 is 21.8 Å². The lowest BCUT2D eigenvalue weighted by Gasteiger charge is -2.16. The number of sulfonamides is 1. The molecule has 1 saturated heterocycles. The highest BCUT2D eigenvalue weighted by Gasteiger charge is 2.36. The summed E-state index contributed by atoms with van der Waals surface area (Å²) in [6.07, 6.45) is -0.104. The summed E-state index contributed by atoms with van der Waals surface area (Å²) in [6, 6.07) is 10.4. The Hall–Kier alpha value is -2.91. The first-order valence-electron chi connectivity index (χ1n) is 8.22. The van der Waals surface area contributed by atoms with Gasteiger partial charge < -0.3 is 10.6 Å². The minimum atomic E-state index is -3.74. The van der Waals surface area contributed by atoms with Crippen LogP contribution in [0.3, 0.4) is 0 Å². The van der Waals surface area contributed by atoms with Crippen LogP contribution in [-0.4, -0.2) is 31.9 Å². The molecule has 2 N–H and O–H groups in total. The van der Waals surface area contributed by atoms with E-state index >= 15 is 0 Å². The Morgan fingerprint density at radius 1 is 1.04 bits per heavy atom. The van der Waals surface area contributed by atoms with Gasteiger partial charge in [0.05, 0.1) is 22.0 Å². The number of amides is 3. The maximum absolute atomic E-state index is 12.6.